The summed E-state index contributed by atoms with van der Waals surface area (Å²) in [6, 6.07) is 10.1. The first-order valence-electron chi connectivity index (χ1n) is 8.34. The molecule has 0 aliphatic carbocycles. The minimum atomic E-state index is -1.61. The minimum absolute atomic E-state index is 0.673. The van der Waals surface area contributed by atoms with Crippen molar-refractivity contribution >= 4 is 8.07 Å². The number of hydrogen-bond acceptors (Lipinski definition) is 1. The van der Waals surface area contributed by atoms with Crippen LogP contribution in [-0.2, 0) is 6.42 Å². The smallest absolute Gasteiger partial charge is 0.145 e. The van der Waals surface area contributed by atoms with Gasteiger partial charge >= 0.3 is 0 Å². The molecular formula is C20H29NSi. The van der Waals surface area contributed by atoms with Crippen molar-refractivity contribution in [2.24, 2.45) is 0 Å². The fourth-order valence-electron chi connectivity index (χ4n) is 3.69. The fourth-order valence-corrected chi connectivity index (χ4v) is 8.99. The highest BCUT2D eigenvalue weighted by atomic mass is 28.3. The summed E-state index contributed by atoms with van der Waals surface area (Å²) < 4.78 is 0. The molecule has 2 heteroatoms. The SMILES string of the molecule is CC(C)[Si](C#CCCc1ccccc1C#N)(C(C)C)C(C)C. The molecule has 1 nitrogen and oxygen atoms in total. The van der Waals surface area contributed by atoms with E-state index in [1.165, 1.54) is 0 Å². The molecule has 118 valence electrons. The van der Waals surface area contributed by atoms with E-state index in [2.05, 4.69) is 59.1 Å². The van der Waals surface area contributed by atoms with Gasteiger partial charge in [0.15, 0.2) is 0 Å². The zero-order valence-corrected chi connectivity index (χ0v) is 15.9. The molecule has 0 aliphatic heterocycles. The van der Waals surface area contributed by atoms with E-state index in [0.29, 0.717) is 16.6 Å². The van der Waals surface area contributed by atoms with Crippen LogP contribution in [0.3, 0.4) is 0 Å². The zero-order valence-electron chi connectivity index (χ0n) is 14.9. The lowest BCUT2D eigenvalue weighted by Crippen LogP contribution is -2.43. The van der Waals surface area contributed by atoms with Gasteiger partial charge in [-0.3, -0.25) is 0 Å². The molecule has 0 spiro atoms. The summed E-state index contributed by atoms with van der Waals surface area (Å²) in [4.78, 5) is 0. The van der Waals surface area contributed by atoms with E-state index in [1.54, 1.807) is 0 Å². The molecule has 0 aliphatic rings. The first-order valence-corrected chi connectivity index (χ1v) is 10.6. The molecule has 0 fully saturated rings. The Hall–Kier alpha value is -1.51. The summed E-state index contributed by atoms with van der Waals surface area (Å²) in [6.07, 6.45) is 1.72. The molecule has 0 amide bonds. The van der Waals surface area contributed by atoms with E-state index in [4.69, 9.17) is 5.26 Å². The summed E-state index contributed by atoms with van der Waals surface area (Å²) in [5, 5.41) is 9.14. The molecule has 22 heavy (non-hydrogen) atoms. The Kier molecular flexibility index (Phi) is 6.91. The number of nitrogens with zero attached hydrogens (tertiary/aromatic N) is 1. The first kappa shape index (κ1) is 18.5. The molecular weight excluding hydrogens is 282 g/mol. The monoisotopic (exact) mass is 311 g/mol. The molecule has 0 saturated heterocycles. The van der Waals surface area contributed by atoms with Crippen molar-refractivity contribution in [3.63, 3.8) is 0 Å². The number of benzene rings is 1. The summed E-state index contributed by atoms with van der Waals surface area (Å²) in [6.45, 7) is 14.0. The molecule has 0 atom stereocenters. The predicted molar refractivity (Wildman–Crippen MR) is 98.3 cm³/mol. The highest BCUT2D eigenvalue weighted by Crippen LogP contribution is 2.40. The quantitative estimate of drug-likeness (QED) is 0.504. The van der Waals surface area contributed by atoms with Crippen molar-refractivity contribution in [3.8, 4) is 17.5 Å². The second-order valence-electron chi connectivity index (χ2n) is 6.97. The van der Waals surface area contributed by atoms with E-state index in [-0.39, 0.29) is 0 Å². The van der Waals surface area contributed by atoms with E-state index in [1.807, 2.05) is 24.3 Å². The van der Waals surface area contributed by atoms with Crippen LogP contribution >= 0.6 is 0 Å². The number of nitriles is 1. The lowest BCUT2D eigenvalue weighted by atomic mass is 10.0. The standard InChI is InChI=1S/C20H29NSi/c1-16(2)22(17(3)4,18(5)6)14-10-9-12-19-11-7-8-13-20(19)15-21/h7-8,11,13,16-18H,9,12H2,1-6H3. The molecule has 1 rings (SSSR count). The van der Waals surface area contributed by atoms with Crippen molar-refractivity contribution in [1.82, 2.24) is 0 Å². The topological polar surface area (TPSA) is 23.8 Å². The van der Waals surface area contributed by atoms with E-state index < -0.39 is 8.07 Å². The van der Waals surface area contributed by atoms with Crippen molar-refractivity contribution < 1.29 is 0 Å². The van der Waals surface area contributed by atoms with Gasteiger partial charge in [0.05, 0.1) is 11.6 Å². The van der Waals surface area contributed by atoms with Gasteiger partial charge in [-0.2, -0.15) is 5.26 Å². The average molecular weight is 312 g/mol. The number of aryl methyl sites for hydroxylation is 1. The van der Waals surface area contributed by atoms with Crippen LogP contribution in [0.5, 0.6) is 0 Å². The van der Waals surface area contributed by atoms with Crippen molar-refractivity contribution in [2.45, 2.75) is 71.0 Å². The second kappa shape index (κ2) is 8.21. The Morgan fingerprint density at radius 3 is 2.00 bits per heavy atom. The van der Waals surface area contributed by atoms with E-state index >= 15 is 0 Å². The van der Waals surface area contributed by atoms with Gasteiger partial charge in [0, 0.05) is 6.42 Å². The minimum Gasteiger partial charge on any atom is -0.192 e. The highest BCUT2D eigenvalue weighted by Gasteiger charge is 2.41. The molecule has 1 aromatic rings. The number of hydrogen-bond donors (Lipinski definition) is 0. The van der Waals surface area contributed by atoms with E-state index in [0.717, 1.165) is 24.0 Å². The Morgan fingerprint density at radius 1 is 0.955 bits per heavy atom. The van der Waals surface area contributed by atoms with E-state index in [9.17, 15) is 0 Å². The predicted octanol–water partition coefficient (Wildman–Crippen LogP) is 5.71. The van der Waals surface area contributed by atoms with Crippen LogP contribution in [0.2, 0.25) is 16.6 Å². The maximum Gasteiger partial charge on any atom is 0.145 e. The first-order chi connectivity index (χ1) is 10.4. The Labute approximate surface area is 137 Å². The van der Waals surface area contributed by atoms with Gasteiger partial charge in [-0.25, -0.2) is 0 Å². The lowest BCUT2D eigenvalue weighted by molar-refractivity contribution is 0.838. The summed E-state index contributed by atoms with van der Waals surface area (Å²) in [5.74, 6) is 3.47. The van der Waals surface area contributed by atoms with Gasteiger partial charge in [0.2, 0.25) is 0 Å². The maximum atomic E-state index is 9.14. The summed E-state index contributed by atoms with van der Waals surface area (Å²) >= 11 is 0. The van der Waals surface area contributed by atoms with Crippen LogP contribution in [0.4, 0.5) is 0 Å². The fraction of sp³-hybridized carbons (Fsp3) is 0.550. The van der Waals surface area contributed by atoms with Gasteiger partial charge < -0.3 is 0 Å². The average Bonchev–Trinajstić information content (AvgIpc) is 2.46. The third-order valence-electron chi connectivity index (χ3n) is 4.83. The molecule has 0 N–H and O–H groups in total. The van der Waals surface area contributed by atoms with Gasteiger partial charge in [-0.05, 0) is 34.7 Å². The van der Waals surface area contributed by atoms with Crippen molar-refractivity contribution in [1.29, 1.82) is 5.26 Å². The second-order valence-corrected chi connectivity index (χ2v) is 12.5. The Morgan fingerprint density at radius 2 is 1.50 bits per heavy atom. The molecule has 1 aromatic carbocycles. The third-order valence-corrected chi connectivity index (χ3v) is 11.2. The molecule has 0 unspecified atom stereocenters. The van der Waals surface area contributed by atoms with Crippen LogP contribution in [0.25, 0.3) is 0 Å². The van der Waals surface area contributed by atoms with Crippen LogP contribution < -0.4 is 0 Å². The van der Waals surface area contributed by atoms with Crippen molar-refractivity contribution in [3.05, 3.63) is 35.4 Å². The normalized spacial score (nSPS) is 11.5. The van der Waals surface area contributed by atoms with Crippen LogP contribution in [0.15, 0.2) is 24.3 Å². The molecule has 0 aromatic heterocycles. The Bertz CT molecular complexity index is 560. The molecule has 0 saturated carbocycles. The van der Waals surface area contributed by atoms with Gasteiger partial charge in [-0.1, -0.05) is 59.7 Å². The van der Waals surface area contributed by atoms with Gasteiger partial charge in [-0.15, -0.1) is 11.5 Å². The lowest BCUT2D eigenvalue weighted by Gasteiger charge is -2.38. The largest absolute Gasteiger partial charge is 0.192 e. The van der Waals surface area contributed by atoms with Crippen LogP contribution in [0.1, 0.15) is 59.1 Å². The summed E-state index contributed by atoms with van der Waals surface area (Å²) in [5.41, 5.74) is 7.66. The van der Waals surface area contributed by atoms with Crippen molar-refractivity contribution in [2.75, 3.05) is 0 Å². The summed E-state index contributed by atoms with van der Waals surface area (Å²) in [7, 11) is -1.61. The molecule has 0 heterocycles. The Balaban J connectivity index is 2.90. The van der Waals surface area contributed by atoms with Gasteiger partial charge in [0.1, 0.15) is 8.07 Å². The third kappa shape index (κ3) is 4.02. The van der Waals surface area contributed by atoms with Crippen LogP contribution in [0, 0.1) is 22.8 Å². The molecule has 0 bridgehead atoms. The van der Waals surface area contributed by atoms with Crippen LogP contribution in [-0.4, -0.2) is 8.07 Å². The molecule has 0 radical (unpaired) electrons. The number of rotatable bonds is 5. The zero-order chi connectivity index (χ0) is 16.8. The van der Waals surface area contributed by atoms with Gasteiger partial charge in [0.25, 0.3) is 0 Å². The maximum absolute atomic E-state index is 9.14. The highest BCUT2D eigenvalue weighted by molar-refractivity contribution is 6.90.